The van der Waals surface area contributed by atoms with Crippen molar-refractivity contribution >= 4 is 0 Å². The van der Waals surface area contributed by atoms with E-state index in [2.05, 4.69) is 9.88 Å². The molecule has 106 valence electrons. The lowest BCUT2D eigenvalue weighted by Crippen LogP contribution is -2.38. The van der Waals surface area contributed by atoms with Crippen LogP contribution in [0, 0.1) is 0 Å². The van der Waals surface area contributed by atoms with Crippen LogP contribution >= 0.6 is 0 Å². The second-order valence-electron chi connectivity index (χ2n) is 4.97. The normalized spacial score (nSPS) is 18.2. The third-order valence-corrected chi connectivity index (χ3v) is 3.11. The summed E-state index contributed by atoms with van der Waals surface area (Å²) in [4.78, 5) is 6.69. The minimum atomic E-state index is 0.139. The molecule has 1 aromatic heterocycles. The van der Waals surface area contributed by atoms with Crippen LogP contribution in [0.3, 0.4) is 0 Å². The molecule has 0 radical (unpaired) electrons. The lowest BCUT2D eigenvalue weighted by atomic mass is 10.2. The van der Waals surface area contributed by atoms with Crippen LogP contribution in [0.1, 0.15) is 12.6 Å². The Kier molecular flexibility index (Phi) is 5.57. The lowest BCUT2D eigenvalue weighted by Gasteiger charge is -2.26. The van der Waals surface area contributed by atoms with Crippen molar-refractivity contribution in [2.45, 2.75) is 19.4 Å². The van der Waals surface area contributed by atoms with Crippen LogP contribution < -0.4 is 10.5 Å². The fourth-order valence-electron chi connectivity index (χ4n) is 2.06. The van der Waals surface area contributed by atoms with Gasteiger partial charge in [-0.05, 0) is 19.1 Å². The Balaban J connectivity index is 1.70. The first-order valence-electron chi connectivity index (χ1n) is 6.87. The summed E-state index contributed by atoms with van der Waals surface area (Å²) in [5.74, 6) is 0.821. The van der Waals surface area contributed by atoms with Crippen LogP contribution in [0.25, 0.3) is 0 Å². The standard InChI is InChI=1S/C14H23N3O2/c1-12(15)10-13-2-3-14(11-16-13)19-9-6-17-4-7-18-8-5-17/h2-3,11-12H,4-10,15H2,1H3. The number of rotatable bonds is 6. The molecule has 1 fully saturated rings. The molecule has 19 heavy (non-hydrogen) atoms. The van der Waals surface area contributed by atoms with Crippen LogP contribution in [0.15, 0.2) is 18.3 Å². The number of pyridine rings is 1. The number of hydrogen-bond acceptors (Lipinski definition) is 5. The summed E-state index contributed by atoms with van der Waals surface area (Å²) in [6.45, 7) is 7.25. The topological polar surface area (TPSA) is 60.6 Å². The lowest BCUT2D eigenvalue weighted by molar-refractivity contribution is 0.0322. The van der Waals surface area contributed by atoms with Crippen molar-refractivity contribution in [1.29, 1.82) is 0 Å². The van der Waals surface area contributed by atoms with Gasteiger partial charge in [-0.2, -0.15) is 0 Å². The second-order valence-corrected chi connectivity index (χ2v) is 4.97. The summed E-state index contributed by atoms with van der Waals surface area (Å²) in [5, 5.41) is 0. The van der Waals surface area contributed by atoms with Gasteiger partial charge in [-0.25, -0.2) is 0 Å². The van der Waals surface area contributed by atoms with Crippen molar-refractivity contribution in [3.8, 4) is 5.75 Å². The van der Waals surface area contributed by atoms with Crippen molar-refractivity contribution < 1.29 is 9.47 Å². The Hall–Kier alpha value is -1.17. The SMILES string of the molecule is CC(N)Cc1ccc(OCCN2CCOCC2)cn1. The zero-order chi connectivity index (χ0) is 13.5. The quantitative estimate of drug-likeness (QED) is 0.819. The van der Waals surface area contributed by atoms with E-state index in [4.69, 9.17) is 15.2 Å². The Morgan fingerprint density at radius 1 is 1.42 bits per heavy atom. The van der Waals surface area contributed by atoms with Gasteiger partial charge >= 0.3 is 0 Å². The molecule has 2 N–H and O–H groups in total. The fourth-order valence-corrected chi connectivity index (χ4v) is 2.06. The maximum atomic E-state index is 5.74. The van der Waals surface area contributed by atoms with Crippen LogP contribution in [-0.2, 0) is 11.2 Å². The van der Waals surface area contributed by atoms with Crippen molar-refractivity contribution in [3.63, 3.8) is 0 Å². The smallest absolute Gasteiger partial charge is 0.137 e. The first kappa shape index (κ1) is 14.2. The highest BCUT2D eigenvalue weighted by molar-refractivity contribution is 5.20. The molecule has 0 saturated carbocycles. The first-order chi connectivity index (χ1) is 9.24. The molecule has 2 rings (SSSR count). The first-order valence-corrected chi connectivity index (χ1v) is 6.87. The number of aromatic nitrogens is 1. The minimum Gasteiger partial charge on any atom is -0.491 e. The molecular formula is C14H23N3O2. The molecule has 2 heterocycles. The van der Waals surface area contributed by atoms with E-state index in [1.165, 1.54) is 0 Å². The van der Waals surface area contributed by atoms with Crippen molar-refractivity contribution in [2.75, 3.05) is 39.5 Å². The maximum absolute atomic E-state index is 5.74. The average Bonchev–Trinajstić information content (AvgIpc) is 2.41. The Labute approximate surface area is 114 Å². The molecule has 5 heteroatoms. The minimum absolute atomic E-state index is 0.139. The molecule has 0 bridgehead atoms. The molecule has 1 aliphatic heterocycles. The highest BCUT2D eigenvalue weighted by Gasteiger charge is 2.09. The van der Waals surface area contributed by atoms with Crippen molar-refractivity contribution in [2.24, 2.45) is 5.73 Å². The van der Waals surface area contributed by atoms with Gasteiger partial charge in [-0.1, -0.05) is 0 Å². The molecule has 0 aromatic carbocycles. The van der Waals surface area contributed by atoms with Gasteiger partial charge in [0.1, 0.15) is 12.4 Å². The highest BCUT2D eigenvalue weighted by Crippen LogP contribution is 2.10. The summed E-state index contributed by atoms with van der Waals surface area (Å²) in [7, 11) is 0. The van der Waals surface area contributed by atoms with Crippen molar-refractivity contribution in [1.82, 2.24) is 9.88 Å². The Bertz CT molecular complexity index is 361. The fraction of sp³-hybridized carbons (Fsp3) is 0.643. The molecule has 0 aliphatic carbocycles. The van der Waals surface area contributed by atoms with Gasteiger partial charge in [-0.3, -0.25) is 9.88 Å². The summed E-state index contributed by atoms with van der Waals surface area (Å²) in [6.07, 6.45) is 2.57. The van der Waals surface area contributed by atoms with E-state index in [-0.39, 0.29) is 6.04 Å². The van der Waals surface area contributed by atoms with Gasteiger partial charge < -0.3 is 15.2 Å². The van der Waals surface area contributed by atoms with Gasteiger partial charge in [-0.15, -0.1) is 0 Å². The number of ether oxygens (including phenoxy) is 2. The molecular weight excluding hydrogens is 242 g/mol. The average molecular weight is 265 g/mol. The number of morpholine rings is 1. The van der Waals surface area contributed by atoms with E-state index in [1.807, 2.05) is 19.1 Å². The van der Waals surface area contributed by atoms with Crippen LogP contribution in [-0.4, -0.2) is 55.4 Å². The molecule has 1 saturated heterocycles. The largest absolute Gasteiger partial charge is 0.491 e. The van der Waals surface area contributed by atoms with Crippen LogP contribution in [0.4, 0.5) is 0 Å². The van der Waals surface area contributed by atoms with Gasteiger partial charge in [0, 0.05) is 37.8 Å². The number of hydrogen-bond donors (Lipinski definition) is 1. The molecule has 1 atom stereocenters. The van der Waals surface area contributed by atoms with E-state index in [0.29, 0.717) is 6.61 Å². The van der Waals surface area contributed by atoms with Crippen LogP contribution in [0.5, 0.6) is 5.75 Å². The van der Waals surface area contributed by atoms with Gasteiger partial charge in [0.15, 0.2) is 0 Å². The predicted octanol–water partition coefficient (Wildman–Crippen LogP) is 0.682. The monoisotopic (exact) mass is 265 g/mol. The highest BCUT2D eigenvalue weighted by atomic mass is 16.5. The third kappa shape index (κ3) is 5.14. The van der Waals surface area contributed by atoms with E-state index >= 15 is 0 Å². The molecule has 1 aliphatic rings. The van der Waals surface area contributed by atoms with E-state index < -0.39 is 0 Å². The number of nitrogens with two attached hydrogens (primary N) is 1. The number of nitrogens with zero attached hydrogens (tertiary/aromatic N) is 2. The van der Waals surface area contributed by atoms with E-state index in [0.717, 1.165) is 50.7 Å². The zero-order valence-electron chi connectivity index (χ0n) is 11.5. The second kappa shape index (κ2) is 7.43. The summed E-state index contributed by atoms with van der Waals surface area (Å²) < 4.78 is 11.0. The molecule has 1 aromatic rings. The Morgan fingerprint density at radius 3 is 2.84 bits per heavy atom. The zero-order valence-corrected chi connectivity index (χ0v) is 11.5. The summed E-state index contributed by atoms with van der Waals surface area (Å²) in [6, 6.07) is 4.08. The van der Waals surface area contributed by atoms with Crippen LogP contribution in [0.2, 0.25) is 0 Å². The third-order valence-electron chi connectivity index (χ3n) is 3.11. The van der Waals surface area contributed by atoms with E-state index in [9.17, 15) is 0 Å². The maximum Gasteiger partial charge on any atom is 0.137 e. The summed E-state index contributed by atoms with van der Waals surface area (Å²) >= 11 is 0. The molecule has 0 spiro atoms. The molecule has 1 unspecified atom stereocenters. The van der Waals surface area contributed by atoms with Crippen molar-refractivity contribution in [3.05, 3.63) is 24.0 Å². The summed E-state index contributed by atoms with van der Waals surface area (Å²) in [5.41, 5.74) is 6.75. The van der Waals surface area contributed by atoms with E-state index in [1.54, 1.807) is 6.20 Å². The van der Waals surface area contributed by atoms with Gasteiger partial charge in [0.2, 0.25) is 0 Å². The van der Waals surface area contributed by atoms with Gasteiger partial charge in [0.25, 0.3) is 0 Å². The molecule has 5 nitrogen and oxygen atoms in total. The predicted molar refractivity (Wildman–Crippen MR) is 74.3 cm³/mol. The molecule has 0 amide bonds. The van der Waals surface area contributed by atoms with Gasteiger partial charge in [0.05, 0.1) is 19.4 Å². The Morgan fingerprint density at radius 2 is 2.21 bits per heavy atom.